The smallest absolute Gasteiger partial charge is 0.160 e. The van der Waals surface area contributed by atoms with Gasteiger partial charge < -0.3 is 0 Å². The van der Waals surface area contributed by atoms with Gasteiger partial charge in [-0.05, 0) is 81.4 Å². The maximum Gasteiger partial charge on any atom is 0.160 e. The van der Waals surface area contributed by atoms with E-state index in [0.29, 0.717) is 5.82 Å². The fourth-order valence-corrected chi connectivity index (χ4v) is 6.62. The third-order valence-corrected chi connectivity index (χ3v) is 9.30. The van der Waals surface area contributed by atoms with E-state index >= 15 is 0 Å². The van der Waals surface area contributed by atoms with Gasteiger partial charge in [-0.15, -0.1) is 0 Å². The first-order chi connectivity index (χ1) is 25.7. The van der Waals surface area contributed by atoms with Crippen molar-refractivity contribution < 1.29 is 0 Å². The zero-order valence-corrected chi connectivity index (χ0v) is 28.1. The molecule has 0 aliphatic heterocycles. The van der Waals surface area contributed by atoms with Crippen LogP contribution >= 0.6 is 0 Å². The monoisotopic (exact) mass is 665 g/mol. The van der Waals surface area contributed by atoms with Gasteiger partial charge >= 0.3 is 0 Å². The van der Waals surface area contributed by atoms with E-state index < -0.39 is 0 Å². The molecule has 0 radical (unpaired) electrons. The second kappa shape index (κ2) is 13.7. The molecule has 5 nitrogen and oxygen atoms in total. The summed E-state index contributed by atoms with van der Waals surface area (Å²) in [7, 11) is 0. The highest BCUT2D eigenvalue weighted by Crippen LogP contribution is 2.36. The van der Waals surface area contributed by atoms with E-state index in [2.05, 4.69) is 154 Å². The van der Waals surface area contributed by atoms with Crippen molar-refractivity contribution in [3.63, 3.8) is 0 Å². The zero-order chi connectivity index (χ0) is 34.7. The van der Waals surface area contributed by atoms with Crippen LogP contribution in [0.3, 0.4) is 0 Å². The number of aromatic nitrogens is 5. The lowest BCUT2D eigenvalue weighted by Crippen LogP contribution is -1.97. The van der Waals surface area contributed by atoms with Gasteiger partial charge in [-0.2, -0.15) is 0 Å². The van der Waals surface area contributed by atoms with Crippen molar-refractivity contribution in [2.24, 2.45) is 0 Å². The molecule has 9 aromatic rings. The first-order valence-corrected chi connectivity index (χ1v) is 17.2. The third kappa shape index (κ3) is 6.23. The Balaban J connectivity index is 1.14. The van der Waals surface area contributed by atoms with Crippen molar-refractivity contribution >= 4 is 10.9 Å². The summed E-state index contributed by atoms with van der Waals surface area (Å²) in [5.41, 5.74) is 13.6. The maximum atomic E-state index is 5.29. The van der Waals surface area contributed by atoms with Gasteiger partial charge in [0.05, 0.1) is 11.2 Å². The fourth-order valence-electron chi connectivity index (χ4n) is 6.62. The Morgan fingerprint density at radius 2 is 0.846 bits per heavy atom. The van der Waals surface area contributed by atoms with Crippen LogP contribution in [0.1, 0.15) is 0 Å². The van der Waals surface area contributed by atoms with Crippen LogP contribution in [0.4, 0.5) is 0 Å². The standard InChI is InChI=1S/C47H31N5/c1-3-9-32(10-4-1)38-22-23-44-43(30-38)45(36-11-5-2-6-12-36)52-47(51-44)42-28-40(27-41(29-42)39-13-7-24-48-31-39)35-16-14-33(15-17-35)34-18-20-37(21-19-34)46-49-25-8-26-50-46/h1-31H. The largest absolute Gasteiger partial charge is 0.264 e. The van der Waals surface area contributed by atoms with E-state index in [1.807, 2.05) is 30.5 Å². The number of pyridine rings is 1. The Bertz CT molecular complexity index is 2630. The first-order valence-electron chi connectivity index (χ1n) is 17.2. The molecule has 0 atom stereocenters. The molecule has 52 heavy (non-hydrogen) atoms. The van der Waals surface area contributed by atoms with E-state index in [4.69, 9.17) is 9.97 Å². The molecule has 0 saturated heterocycles. The SMILES string of the molecule is c1ccc(-c2ccc3nc(-c4cc(-c5ccc(-c6ccc(-c7ncccn7)cc6)cc5)cc(-c5cccnc5)c4)nc(-c4ccccc4)c3c2)cc1. The third-order valence-electron chi connectivity index (χ3n) is 9.30. The Labute approximate surface area is 302 Å². The lowest BCUT2D eigenvalue weighted by atomic mass is 9.94. The van der Waals surface area contributed by atoms with E-state index in [-0.39, 0.29) is 0 Å². The van der Waals surface area contributed by atoms with E-state index in [0.717, 1.165) is 83.6 Å². The number of hydrogen-bond donors (Lipinski definition) is 0. The topological polar surface area (TPSA) is 64.5 Å². The highest BCUT2D eigenvalue weighted by Gasteiger charge is 2.15. The van der Waals surface area contributed by atoms with Crippen molar-refractivity contribution in [3.05, 3.63) is 189 Å². The first kappa shape index (κ1) is 30.9. The molecular weight excluding hydrogens is 635 g/mol. The average Bonchev–Trinajstić information content (AvgIpc) is 3.24. The summed E-state index contributed by atoms with van der Waals surface area (Å²) in [5.74, 6) is 1.39. The molecular formula is C47H31N5. The van der Waals surface area contributed by atoms with Gasteiger partial charge in [0.1, 0.15) is 0 Å². The summed E-state index contributed by atoms with van der Waals surface area (Å²) in [4.78, 5) is 23.7. The van der Waals surface area contributed by atoms with Gasteiger partial charge in [-0.25, -0.2) is 19.9 Å². The zero-order valence-electron chi connectivity index (χ0n) is 28.1. The molecule has 3 heterocycles. The molecule has 0 amide bonds. The number of benzene rings is 6. The number of nitrogens with zero attached hydrogens (tertiary/aromatic N) is 5. The molecule has 0 fully saturated rings. The van der Waals surface area contributed by atoms with Crippen LogP contribution in [-0.2, 0) is 0 Å². The quantitative estimate of drug-likeness (QED) is 0.169. The van der Waals surface area contributed by atoms with Gasteiger partial charge in [0.2, 0.25) is 0 Å². The molecule has 0 spiro atoms. The highest BCUT2D eigenvalue weighted by atomic mass is 14.9. The molecule has 244 valence electrons. The summed E-state index contributed by atoms with van der Waals surface area (Å²) < 4.78 is 0. The molecule has 0 aliphatic carbocycles. The number of rotatable bonds is 7. The molecule has 0 N–H and O–H groups in total. The van der Waals surface area contributed by atoms with Crippen LogP contribution in [0.2, 0.25) is 0 Å². The molecule has 0 bridgehead atoms. The van der Waals surface area contributed by atoms with Gasteiger partial charge in [0, 0.05) is 52.4 Å². The lowest BCUT2D eigenvalue weighted by molar-refractivity contribution is 1.18. The molecule has 5 heteroatoms. The molecule has 9 rings (SSSR count). The van der Waals surface area contributed by atoms with Crippen molar-refractivity contribution in [3.8, 4) is 78.5 Å². The highest BCUT2D eigenvalue weighted by molar-refractivity contribution is 5.96. The van der Waals surface area contributed by atoms with Crippen LogP contribution in [0, 0.1) is 0 Å². The minimum absolute atomic E-state index is 0.671. The minimum Gasteiger partial charge on any atom is -0.264 e. The van der Waals surface area contributed by atoms with E-state index in [1.165, 1.54) is 0 Å². The summed E-state index contributed by atoms with van der Waals surface area (Å²) in [6.07, 6.45) is 7.23. The van der Waals surface area contributed by atoms with Crippen LogP contribution in [0.25, 0.3) is 89.4 Å². The number of hydrogen-bond acceptors (Lipinski definition) is 5. The van der Waals surface area contributed by atoms with Gasteiger partial charge in [0.25, 0.3) is 0 Å². The van der Waals surface area contributed by atoms with Crippen molar-refractivity contribution in [1.82, 2.24) is 24.9 Å². The fraction of sp³-hybridized carbons (Fsp3) is 0. The normalized spacial score (nSPS) is 11.1. The van der Waals surface area contributed by atoms with Crippen LogP contribution < -0.4 is 0 Å². The lowest BCUT2D eigenvalue weighted by Gasteiger charge is -2.14. The summed E-state index contributed by atoms with van der Waals surface area (Å²) in [5, 5.41) is 1.01. The molecule has 3 aromatic heterocycles. The van der Waals surface area contributed by atoms with Crippen molar-refractivity contribution in [2.75, 3.05) is 0 Å². The Morgan fingerprint density at radius 1 is 0.308 bits per heavy atom. The number of fused-ring (bicyclic) bond motifs is 1. The summed E-state index contributed by atoms with van der Waals surface area (Å²) >= 11 is 0. The maximum absolute atomic E-state index is 5.29. The van der Waals surface area contributed by atoms with E-state index in [1.54, 1.807) is 18.6 Å². The van der Waals surface area contributed by atoms with Crippen LogP contribution in [0.15, 0.2) is 189 Å². The second-order valence-electron chi connectivity index (χ2n) is 12.6. The predicted octanol–water partition coefficient (Wildman–Crippen LogP) is 11.5. The minimum atomic E-state index is 0.671. The second-order valence-corrected chi connectivity index (χ2v) is 12.6. The molecule has 0 saturated carbocycles. The Morgan fingerprint density at radius 3 is 1.50 bits per heavy atom. The van der Waals surface area contributed by atoms with E-state index in [9.17, 15) is 0 Å². The summed E-state index contributed by atoms with van der Waals surface area (Å²) in [6.45, 7) is 0. The van der Waals surface area contributed by atoms with Crippen molar-refractivity contribution in [1.29, 1.82) is 0 Å². The van der Waals surface area contributed by atoms with Crippen LogP contribution in [-0.4, -0.2) is 24.9 Å². The molecule has 6 aromatic carbocycles. The van der Waals surface area contributed by atoms with Gasteiger partial charge in [-0.3, -0.25) is 4.98 Å². The predicted molar refractivity (Wildman–Crippen MR) is 211 cm³/mol. The summed E-state index contributed by atoms with van der Waals surface area (Å²) in [6, 6.07) is 56.8. The Hall–Kier alpha value is -7.11. The Kier molecular flexibility index (Phi) is 8.12. The van der Waals surface area contributed by atoms with Crippen LogP contribution in [0.5, 0.6) is 0 Å². The average molecular weight is 666 g/mol. The van der Waals surface area contributed by atoms with Gasteiger partial charge in [0.15, 0.2) is 11.6 Å². The van der Waals surface area contributed by atoms with Crippen molar-refractivity contribution in [2.45, 2.75) is 0 Å². The molecule has 0 unspecified atom stereocenters. The van der Waals surface area contributed by atoms with Gasteiger partial charge in [-0.1, -0.05) is 121 Å². The molecule has 0 aliphatic rings.